The monoisotopic (exact) mass is 399 g/mol. The fourth-order valence-electron chi connectivity index (χ4n) is 3.00. The number of aromatic amines is 1. The number of carbonyl (C=O) groups excluding carboxylic acids is 2. The van der Waals surface area contributed by atoms with Crippen LogP contribution in [0.3, 0.4) is 0 Å². The minimum atomic E-state index is -0.612. The number of methoxy groups -OCH3 is 1. The SMILES string of the molecule is COC(=O)c1ccc2c(C=C(CNC(C)=O)B3OC(C)(C)C(C)(C)O3)[nH]nc2c1. The van der Waals surface area contributed by atoms with E-state index in [1.807, 2.05) is 33.8 Å². The van der Waals surface area contributed by atoms with E-state index in [0.717, 1.165) is 16.6 Å². The van der Waals surface area contributed by atoms with Gasteiger partial charge < -0.3 is 19.4 Å². The number of hydrogen-bond acceptors (Lipinski definition) is 6. The van der Waals surface area contributed by atoms with Crippen LogP contribution in [-0.2, 0) is 18.8 Å². The quantitative estimate of drug-likeness (QED) is 0.592. The molecule has 0 aliphatic carbocycles. The smallest absolute Gasteiger partial charge is 0.465 e. The van der Waals surface area contributed by atoms with Gasteiger partial charge in [0, 0.05) is 18.9 Å². The Labute approximate surface area is 170 Å². The molecule has 0 spiro atoms. The average Bonchev–Trinajstić information content (AvgIpc) is 3.14. The van der Waals surface area contributed by atoms with Gasteiger partial charge in [-0.3, -0.25) is 9.89 Å². The third-order valence-electron chi connectivity index (χ3n) is 5.43. The minimum absolute atomic E-state index is 0.149. The first-order valence-electron chi connectivity index (χ1n) is 9.41. The molecule has 1 saturated heterocycles. The van der Waals surface area contributed by atoms with Crippen molar-refractivity contribution in [1.29, 1.82) is 0 Å². The summed E-state index contributed by atoms with van der Waals surface area (Å²) in [7, 11) is 0.726. The highest BCUT2D eigenvalue weighted by Crippen LogP contribution is 2.38. The second-order valence-corrected chi connectivity index (χ2v) is 8.08. The van der Waals surface area contributed by atoms with Gasteiger partial charge in [-0.2, -0.15) is 5.10 Å². The van der Waals surface area contributed by atoms with Gasteiger partial charge in [-0.15, -0.1) is 0 Å². The van der Waals surface area contributed by atoms with E-state index in [1.54, 1.807) is 18.2 Å². The number of amides is 1. The van der Waals surface area contributed by atoms with E-state index in [9.17, 15) is 9.59 Å². The van der Waals surface area contributed by atoms with Crippen molar-refractivity contribution in [2.45, 2.75) is 45.8 Å². The lowest BCUT2D eigenvalue weighted by Crippen LogP contribution is -2.41. The summed E-state index contributed by atoms with van der Waals surface area (Å²) in [4.78, 5) is 23.2. The summed E-state index contributed by atoms with van der Waals surface area (Å²) in [6, 6.07) is 5.15. The van der Waals surface area contributed by atoms with Crippen molar-refractivity contribution in [3.8, 4) is 0 Å². The fraction of sp³-hybridized carbons (Fsp3) is 0.450. The first-order chi connectivity index (χ1) is 13.5. The molecular weight excluding hydrogens is 373 g/mol. The number of nitrogens with one attached hydrogen (secondary N) is 2. The summed E-state index contributed by atoms with van der Waals surface area (Å²) in [5.74, 6) is -0.569. The largest absolute Gasteiger partial charge is 0.492 e. The Bertz CT molecular complexity index is 964. The Morgan fingerprint density at radius 1 is 1.24 bits per heavy atom. The van der Waals surface area contributed by atoms with E-state index in [4.69, 9.17) is 14.0 Å². The molecule has 29 heavy (non-hydrogen) atoms. The number of hydrogen-bond donors (Lipinski definition) is 2. The number of carbonyl (C=O) groups is 2. The molecule has 0 bridgehead atoms. The van der Waals surface area contributed by atoms with E-state index in [2.05, 4.69) is 15.5 Å². The number of benzene rings is 1. The summed E-state index contributed by atoms with van der Waals surface area (Å²) in [5, 5.41) is 10.9. The Morgan fingerprint density at radius 2 is 1.90 bits per heavy atom. The molecule has 1 aliphatic rings. The maximum absolute atomic E-state index is 11.7. The fourth-order valence-corrected chi connectivity index (χ4v) is 3.00. The van der Waals surface area contributed by atoms with Crippen molar-refractivity contribution in [2.24, 2.45) is 0 Å². The van der Waals surface area contributed by atoms with Crippen molar-refractivity contribution in [2.75, 3.05) is 13.7 Å². The summed E-state index contributed by atoms with van der Waals surface area (Å²) >= 11 is 0. The molecule has 1 aromatic carbocycles. The number of rotatable bonds is 5. The first kappa shape index (κ1) is 21.1. The Hall–Kier alpha value is -2.65. The standard InChI is InChI=1S/C20H26BN3O5/c1-12(25)22-11-14(21-28-19(2,3)20(4,5)29-21)10-17-15-8-7-13(18(26)27-6)9-16(15)23-24-17/h7-10H,11H2,1-6H3,(H,22,25)(H,23,24). The molecular formula is C20H26BN3O5. The number of fused-ring (bicyclic) bond motifs is 1. The summed E-state index contributed by atoms with van der Waals surface area (Å²) in [6.07, 6.45) is 1.87. The van der Waals surface area contributed by atoms with Gasteiger partial charge in [-0.25, -0.2) is 4.79 Å². The van der Waals surface area contributed by atoms with Crippen LogP contribution in [0.2, 0.25) is 0 Å². The van der Waals surface area contributed by atoms with Crippen molar-refractivity contribution in [3.63, 3.8) is 0 Å². The van der Waals surface area contributed by atoms with Gasteiger partial charge in [0.05, 0.1) is 35.1 Å². The zero-order valence-corrected chi connectivity index (χ0v) is 17.6. The minimum Gasteiger partial charge on any atom is -0.465 e. The zero-order valence-electron chi connectivity index (χ0n) is 17.6. The van der Waals surface area contributed by atoms with E-state index in [-0.39, 0.29) is 12.5 Å². The zero-order chi connectivity index (χ0) is 21.4. The highest BCUT2D eigenvalue weighted by Gasteiger charge is 2.52. The second-order valence-electron chi connectivity index (χ2n) is 8.08. The van der Waals surface area contributed by atoms with Crippen LogP contribution in [0, 0.1) is 0 Å². The van der Waals surface area contributed by atoms with E-state index in [1.165, 1.54) is 14.0 Å². The highest BCUT2D eigenvalue weighted by molar-refractivity contribution is 6.56. The van der Waals surface area contributed by atoms with Crippen LogP contribution in [0.4, 0.5) is 0 Å². The normalized spacial score (nSPS) is 18.1. The van der Waals surface area contributed by atoms with Crippen LogP contribution in [0.25, 0.3) is 17.0 Å². The number of H-pyrrole nitrogens is 1. The molecule has 2 N–H and O–H groups in total. The predicted octanol–water partition coefficient (Wildman–Crippen LogP) is 2.50. The summed E-state index contributed by atoms with van der Waals surface area (Å²) in [5.41, 5.74) is 1.53. The molecule has 3 rings (SSSR count). The molecule has 8 nitrogen and oxygen atoms in total. The molecule has 1 amide bonds. The molecule has 0 radical (unpaired) electrons. The van der Waals surface area contributed by atoms with Crippen molar-refractivity contribution >= 4 is 36.0 Å². The van der Waals surface area contributed by atoms with Crippen LogP contribution in [0.1, 0.15) is 50.7 Å². The maximum Gasteiger partial charge on any atom is 0.492 e. The van der Waals surface area contributed by atoms with Gasteiger partial charge in [0.25, 0.3) is 0 Å². The molecule has 9 heteroatoms. The second kappa shape index (κ2) is 7.64. The van der Waals surface area contributed by atoms with Crippen molar-refractivity contribution in [1.82, 2.24) is 15.5 Å². The summed E-state index contributed by atoms with van der Waals surface area (Å²) in [6.45, 7) is 9.63. The lowest BCUT2D eigenvalue weighted by atomic mass is 9.77. The van der Waals surface area contributed by atoms with Gasteiger partial charge in [0.15, 0.2) is 0 Å². The van der Waals surface area contributed by atoms with E-state index in [0.29, 0.717) is 11.1 Å². The predicted molar refractivity (Wildman–Crippen MR) is 110 cm³/mol. The topological polar surface area (TPSA) is 103 Å². The molecule has 1 aromatic heterocycles. The molecule has 2 heterocycles. The molecule has 0 saturated carbocycles. The van der Waals surface area contributed by atoms with Crippen molar-refractivity contribution in [3.05, 3.63) is 34.9 Å². The Morgan fingerprint density at radius 3 is 2.48 bits per heavy atom. The van der Waals surface area contributed by atoms with Crippen LogP contribution < -0.4 is 5.32 Å². The van der Waals surface area contributed by atoms with Crippen LogP contribution in [0.15, 0.2) is 23.7 Å². The lowest BCUT2D eigenvalue weighted by molar-refractivity contribution is -0.118. The maximum atomic E-state index is 11.7. The first-order valence-corrected chi connectivity index (χ1v) is 9.41. The van der Waals surface area contributed by atoms with Crippen LogP contribution in [-0.4, -0.2) is 54.0 Å². The molecule has 0 unspecified atom stereocenters. The Kier molecular flexibility index (Phi) is 5.56. The van der Waals surface area contributed by atoms with Gasteiger partial charge >= 0.3 is 13.1 Å². The van der Waals surface area contributed by atoms with E-state index < -0.39 is 24.3 Å². The highest BCUT2D eigenvalue weighted by atomic mass is 16.7. The third kappa shape index (κ3) is 4.20. The lowest BCUT2D eigenvalue weighted by Gasteiger charge is -2.32. The number of aromatic nitrogens is 2. The Balaban J connectivity index is 1.98. The molecule has 2 aromatic rings. The number of nitrogens with zero attached hydrogens (tertiary/aromatic N) is 1. The summed E-state index contributed by atoms with van der Waals surface area (Å²) < 4.78 is 17.0. The van der Waals surface area contributed by atoms with Gasteiger partial charge in [0.2, 0.25) is 5.91 Å². The van der Waals surface area contributed by atoms with Crippen LogP contribution >= 0.6 is 0 Å². The van der Waals surface area contributed by atoms with E-state index >= 15 is 0 Å². The van der Waals surface area contributed by atoms with Gasteiger partial charge in [0.1, 0.15) is 0 Å². The average molecular weight is 399 g/mol. The number of ether oxygens (including phenoxy) is 1. The molecule has 1 aliphatic heterocycles. The molecule has 0 atom stereocenters. The molecule has 1 fully saturated rings. The number of esters is 1. The third-order valence-corrected chi connectivity index (χ3v) is 5.43. The van der Waals surface area contributed by atoms with Gasteiger partial charge in [-0.1, -0.05) is 0 Å². The van der Waals surface area contributed by atoms with Crippen LogP contribution in [0.5, 0.6) is 0 Å². The van der Waals surface area contributed by atoms with Crippen molar-refractivity contribution < 1.29 is 23.6 Å². The van der Waals surface area contributed by atoms with Gasteiger partial charge in [-0.05, 0) is 57.4 Å². The molecule has 154 valence electrons.